The lowest BCUT2D eigenvalue weighted by atomic mass is 9.90. The Balaban J connectivity index is 1.28. The van der Waals surface area contributed by atoms with Crippen LogP contribution in [0.4, 0.5) is 26.3 Å². The van der Waals surface area contributed by atoms with E-state index in [4.69, 9.17) is 11.6 Å². The molecule has 2 aromatic carbocycles. The van der Waals surface area contributed by atoms with Crippen LogP contribution in [-0.2, 0) is 18.8 Å². The van der Waals surface area contributed by atoms with Crippen molar-refractivity contribution in [3.8, 4) is 0 Å². The van der Waals surface area contributed by atoms with Crippen molar-refractivity contribution in [1.82, 2.24) is 19.6 Å². The van der Waals surface area contributed by atoms with Crippen LogP contribution < -0.4 is 0 Å². The van der Waals surface area contributed by atoms with Gasteiger partial charge in [-0.2, -0.15) is 26.3 Å². The summed E-state index contributed by atoms with van der Waals surface area (Å²) in [6.45, 7) is 6.03. The molecular formula is C32H39ClF6N4O2. The topological polar surface area (TPSA) is 50.3 Å². The van der Waals surface area contributed by atoms with E-state index in [0.717, 1.165) is 51.3 Å². The lowest BCUT2D eigenvalue weighted by Gasteiger charge is -2.47. The Kier molecular flexibility index (Phi) is 10.7. The van der Waals surface area contributed by atoms with Gasteiger partial charge >= 0.3 is 12.4 Å². The number of hydrogen-bond donors (Lipinski definition) is 1. The van der Waals surface area contributed by atoms with Crippen LogP contribution in [0.15, 0.2) is 48.5 Å². The SMILES string of the molecule is O=C(c1cc(C(F)(F)F)cc(C(F)(F)F)c1)N1CCC(N2CCN(C3CCN(CC(O)CCl)C3)CC2)CC1Cc1ccccc1. The average molecular weight is 661 g/mol. The molecule has 6 nitrogen and oxygen atoms in total. The fraction of sp³-hybridized carbons (Fsp3) is 0.594. The number of aliphatic hydroxyl groups is 1. The van der Waals surface area contributed by atoms with Crippen LogP contribution in [0.2, 0.25) is 0 Å². The minimum atomic E-state index is -5.03. The zero-order valence-electron chi connectivity index (χ0n) is 24.9. The minimum absolute atomic E-state index is 0.0520. The molecule has 3 aliphatic rings. The van der Waals surface area contributed by atoms with Gasteiger partial charge < -0.3 is 10.0 Å². The van der Waals surface area contributed by atoms with Crippen LogP contribution in [0, 0.1) is 0 Å². The molecule has 0 aromatic heterocycles. The van der Waals surface area contributed by atoms with E-state index >= 15 is 0 Å². The maximum absolute atomic E-state index is 13.7. The third kappa shape index (κ3) is 8.51. The Morgan fingerprint density at radius 3 is 2.00 bits per heavy atom. The zero-order chi connectivity index (χ0) is 32.4. The smallest absolute Gasteiger partial charge is 0.391 e. The van der Waals surface area contributed by atoms with Crippen molar-refractivity contribution in [3.63, 3.8) is 0 Å². The highest BCUT2D eigenvalue weighted by Gasteiger charge is 2.40. The van der Waals surface area contributed by atoms with Crippen molar-refractivity contribution in [3.05, 3.63) is 70.8 Å². The molecule has 0 radical (unpaired) electrons. The molecule has 1 amide bonds. The maximum atomic E-state index is 13.7. The van der Waals surface area contributed by atoms with Crippen LogP contribution in [-0.4, -0.2) is 113 Å². The first-order valence-corrected chi connectivity index (χ1v) is 15.9. The number of rotatable bonds is 8. The van der Waals surface area contributed by atoms with Gasteiger partial charge in [-0.15, -0.1) is 11.6 Å². The Morgan fingerprint density at radius 2 is 1.42 bits per heavy atom. The average Bonchev–Trinajstić information content (AvgIpc) is 3.48. The number of halogens is 7. The van der Waals surface area contributed by atoms with Crippen molar-refractivity contribution >= 4 is 17.5 Å². The zero-order valence-corrected chi connectivity index (χ0v) is 25.7. The van der Waals surface area contributed by atoms with Gasteiger partial charge in [0.1, 0.15) is 0 Å². The quantitative estimate of drug-likeness (QED) is 0.311. The molecule has 3 fully saturated rings. The van der Waals surface area contributed by atoms with Crippen molar-refractivity contribution in [2.24, 2.45) is 0 Å². The van der Waals surface area contributed by atoms with Gasteiger partial charge in [0.2, 0.25) is 0 Å². The molecule has 45 heavy (non-hydrogen) atoms. The lowest BCUT2D eigenvalue weighted by Crippen LogP contribution is -2.58. The van der Waals surface area contributed by atoms with Gasteiger partial charge in [-0.1, -0.05) is 30.3 Å². The molecule has 2 aromatic rings. The highest BCUT2D eigenvalue weighted by Crippen LogP contribution is 2.37. The number of carbonyl (C=O) groups excluding carboxylic acids is 1. The number of carbonyl (C=O) groups is 1. The number of benzene rings is 2. The van der Waals surface area contributed by atoms with E-state index in [1.807, 2.05) is 30.3 Å². The molecule has 1 N–H and O–H groups in total. The summed E-state index contributed by atoms with van der Waals surface area (Å²) in [6, 6.07) is 10.7. The fourth-order valence-corrected chi connectivity index (χ4v) is 7.14. The van der Waals surface area contributed by atoms with Crippen LogP contribution in [0.25, 0.3) is 0 Å². The van der Waals surface area contributed by atoms with Gasteiger partial charge in [0.15, 0.2) is 0 Å². The minimum Gasteiger partial charge on any atom is -0.391 e. The Bertz CT molecular complexity index is 1260. The van der Waals surface area contributed by atoms with Gasteiger partial charge in [-0.25, -0.2) is 0 Å². The number of alkyl halides is 7. The third-order valence-corrected chi connectivity index (χ3v) is 9.73. The second-order valence-electron chi connectivity index (χ2n) is 12.4. The van der Waals surface area contributed by atoms with E-state index in [1.54, 1.807) is 0 Å². The summed E-state index contributed by atoms with van der Waals surface area (Å²) in [7, 11) is 0. The Hall–Kier alpha value is -2.38. The van der Waals surface area contributed by atoms with Crippen molar-refractivity contribution in [1.29, 1.82) is 0 Å². The first kappa shape index (κ1) is 34.0. The van der Waals surface area contributed by atoms with E-state index in [2.05, 4.69) is 14.7 Å². The maximum Gasteiger partial charge on any atom is 0.416 e. The Morgan fingerprint density at radius 1 is 0.844 bits per heavy atom. The summed E-state index contributed by atoms with van der Waals surface area (Å²) < 4.78 is 81.3. The van der Waals surface area contributed by atoms with Crippen LogP contribution in [0.3, 0.4) is 0 Å². The first-order chi connectivity index (χ1) is 21.3. The Labute approximate surface area is 264 Å². The van der Waals surface area contributed by atoms with Crippen LogP contribution >= 0.6 is 11.6 Å². The molecular weight excluding hydrogens is 622 g/mol. The summed E-state index contributed by atoms with van der Waals surface area (Å²) in [5, 5.41) is 9.91. The van der Waals surface area contributed by atoms with Crippen LogP contribution in [0.1, 0.15) is 46.3 Å². The number of likely N-dealkylation sites (tertiary alicyclic amines) is 2. The highest BCUT2D eigenvalue weighted by atomic mass is 35.5. The largest absolute Gasteiger partial charge is 0.416 e. The molecule has 3 saturated heterocycles. The lowest BCUT2D eigenvalue weighted by molar-refractivity contribution is -0.143. The summed E-state index contributed by atoms with van der Waals surface area (Å²) in [5.74, 6) is -0.606. The van der Waals surface area contributed by atoms with Gasteiger partial charge in [-0.05, 0) is 56.0 Å². The first-order valence-electron chi connectivity index (χ1n) is 15.4. The van der Waals surface area contributed by atoms with Crippen molar-refractivity contribution < 1.29 is 36.2 Å². The summed E-state index contributed by atoms with van der Waals surface area (Å²) in [6.07, 6.45) is -7.98. The second-order valence-corrected chi connectivity index (χ2v) is 12.7. The van der Waals surface area contributed by atoms with Crippen molar-refractivity contribution in [2.75, 3.05) is 58.2 Å². The number of piperidine rings is 1. The van der Waals surface area contributed by atoms with Gasteiger partial charge in [0.25, 0.3) is 5.91 Å². The summed E-state index contributed by atoms with van der Waals surface area (Å²) in [4.78, 5) is 22.3. The number of piperazine rings is 1. The normalized spacial score (nSPS) is 25.1. The van der Waals surface area contributed by atoms with E-state index in [0.29, 0.717) is 44.0 Å². The van der Waals surface area contributed by atoms with E-state index < -0.39 is 47.1 Å². The molecule has 0 saturated carbocycles. The molecule has 4 unspecified atom stereocenters. The predicted molar refractivity (Wildman–Crippen MR) is 159 cm³/mol. The molecule has 13 heteroatoms. The van der Waals surface area contributed by atoms with Crippen LogP contribution in [0.5, 0.6) is 0 Å². The third-order valence-electron chi connectivity index (χ3n) is 9.37. The van der Waals surface area contributed by atoms with E-state index in [9.17, 15) is 36.2 Å². The van der Waals surface area contributed by atoms with E-state index in [1.165, 1.54) is 4.90 Å². The second kappa shape index (κ2) is 14.2. The summed E-state index contributed by atoms with van der Waals surface area (Å²) >= 11 is 5.77. The molecule has 3 heterocycles. The summed E-state index contributed by atoms with van der Waals surface area (Å²) in [5.41, 5.74) is -2.65. The standard InChI is InChI=1S/C32H39ClF6N4O2/c33-19-29(44)21-40-8-6-27(20-40)42-12-10-41(11-13-42)26-7-9-43(28(18-26)14-22-4-2-1-3-5-22)30(45)23-15-24(31(34,35)36)17-25(16-23)32(37,38)39/h1-5,15-17,26-29,44H,6-14,18-21H2. The predicted octanol–water partition coefficient (Wildman–Crippen LogP) is 5.23. The van der Waals surface area contributed by atoms with E-state index in [-0.39, 0.29) is 24.5 Å². The number of hydrogen-bond acceptors (Lipinski definition) is 5. The molecule has 0 bridgehead atoms. The molecule has 0 spiro atoms. The van der Waals surface area contributed by atoms with Gasteiger partial charge in [0, 0.05) is 75.4 Å². The van der Waals surface area contributed by atoms with Gasteiger partial charge in [-0.3, -0.25) is 19.5 Å². The van der Waals surface area contributed by atoms with Gasteiger partial charge in [0.05, 0.1) is 17.2 Å². The number of aliphatic hydroxyl groups excluding tert-OH is 1. The highest BCUT2D eigenvalue weighted by molar-refractivity contribution is 6.18. The molecule has 0 aliphatic carbocycles. The molecule has 5 rings (SSSR count). The number of nitrogens with zero attached hydrogens (tertiary/aromatic N) is 4. The fourth-order valence-electron chi connectivity index (χ4n) is 7.04. The molecule has 4 atom stereocenters. The molecule has 3 aliphatic heterocycles. The monoisotopic (exact) mass is 660 g/mol. The van der Waals surface area contributed by atoms with Crippen molar-refractivity contribution in [2.45, 2.75) is 62.3 Å². The number of amides is 1. The molecule has 248 valence electrons. The number of β-amino-alcohol motifs (C(OH)–C–C–N with tert-alkyl or cyclic N) is 1.